The van der Waals surface area contributed by atoms with Crippen molar-refractivity contribution in [2.24, 2.45) is 0 Å². The van der Waals surface area contributed by atoms with E-state index in [4.69, 9.17) is 15.3 Å². The van der Waals surface area contributed by atoms with Gasteiger partial charge in [0.2, 0.25) is 0 Å². The lowest BCUT2D eigenvalue weighted by molar-refractivity contribution is -1.05. The van der Waals surface area contributed by atoms with E-state index in [-0.39, 0.29) is 20.2 Å². The van der Waals surface area contributed by atoms with Gasteiger partial charge in [0.1, 0.15) is 26.2 Å². The second-order valence-corrected chi connectivity index (χ2v) is 4.28. The van der Waals surface area contributed by atoms with Crippen LogP contribution in [0.2, 0.25) is 0 Å². The summed E-state index contributed by atoms with van der Waals surface area (Å²) in [6.07, 6.45) is 0. The van der Waals surface area contributed by atoms with Gasteiger partial charge in [-0.25, -0.2) is 0 Å². The molecule has 1 saturated heterocycles. The topological polar surface area (TPSA) is 60.7 Å². The van der Waals surface area contributed by atoms with E-state index in [1.54, 1.807) is 0 Å². The molecule has 0 radical (unpaired) electrons. The fourth-order valence-corrected chi connectivity index (χ4v) is 1.60. The predicted octanol–water partition coefficient (Wildman–Crippen LogP) is -1.89. The molecule has 5 heteroatoms. The largest absolute Gasteiger partial charge is 0.347 e. The Labute approximate surface area is 78.6 Å². The summed E-state index contributed by atoms with van der Waals surface area (Å²) in [7, 11) is 1.99. The van der Waals surface area contributed by atoms with E-state index in [1.165, 1.54) is 0 Å². The summed E-state index contributed by atoms with van der Waals surface area (Å²) in [5.74, 6) is 0. The zero-order chi connectivity index (χ0) is 9.95. The van der Waals surface area contributed by atoms with Crippen LogP contribution in [0.3, 0.4) is 0 Å². The molecule has 0 saturated carbocycles. The van der Waals surface area contributed by atoms with E-state index in [0.29, 0.717) is 8.97 Å². The van der Waals surface area contributed by atoms with Crippen LogP contribution >= 0.6 is 0 Å². The Kier molecular flexibility index (Phi) is 3.26. The summed E-state index contributed by atoms with van der Waals surface area (Å²) in [4.78, 5) is 0. The number of hydrogen-bond acceptors (Lipinski definition) is 3. The Morgan fingerprint density at radius 1 is 0.846 bits per heavy atom. The van der Waals surface area contributed by atoms with Gasteiger partial charge in [0.05, 0.1) is 7.05 Å². The van der Waals surface area contributed by atoms with Gasteiger partial charge >= 0.3 is 0 Å². The molecule has 0 aliphatic carbocycles. The lowest BCUT2D eigenvalue weighted by atomic mass is 10.2. The highest BCUT2D eigenvalue weighted by Crippen LogP contribution is 2.15. The first-order chi connectivity index (χ1) is 6.10. The average molecular weight is 192 g/mol. The van der Waals surface area contributed by atoms with Crippen molar-refractivity contribution in [3.63, 3.8) is 0 Å². The fraction of sp³-hybridized carbons (Fsp3) is 1.00. The van der Waals surface area contributed by atoms with Gasteiger partial charge in [-0.2, -0.15) is 0 Å². The molecule has 1 fully saturated rings. The van der Waals surface area contributed by atoms with Crippen LogP contribution in [0.5, 0.6) is 0 Å². The minimum atomic E-state index is -0.0120. The van der Waals surface area contributed by atoms with Crippen LogP contribution in [0.15, 0.2) is 0 Å². The standard InChI is InChI=1S/C8H20N2O3/c1-9(6-11)2-4-10(7-12,8-13)5-3-9/h11-13H,2-8H2,1H3/q+2. The third-order valence-corrected chi connectivity index (χ3v) is 3.17. The third-order valence-electron chi connectivity index (χ3n) is 3.17. The monoisotopic (exact) mass is 192 g/mol. The van der Waals surface area contributed by atoms with Crippen LogP contribution in [-0.2, 0) is 0 Å². The fourth-order valence-electron chi connectivity index (χ4n) is 1.60. The maximum Gasteiger partial charge on any atom is 0.182 e. The number of piperazine rings is 1. The van der Waals surface area contributed by atoms with Crippen molar-refractivity contribution < 1.29 is 24.3 Å². The molecule has 78 valence electrons. The van der Waals surface area contributed by atoms with Gasteiger partial charge in [-0.3, -0.25) is 8.97 Å². The van der Waals surface area contributed by atoms with Gasteiger partial charge in [-0.05, 0) is 0 Å². The average Bonchev–Trinajstić information content (AvgIpc) is 2.20. The highest BCUT2D eigenvalue weighted by atomic mass is 16.3. The molecule has 0 aromatic carbocycles. The highest BCUT2D eigenvalue weighted by Gasteiger charge is 2.38. The normalized spacial score (nSPS) is 25.8. The van der Waals surface area contributed by atoms with Crippen molar-refractivity contribution in [2.75, 3.05) is 53.4 Å². The van der Waals surface area contributed by atoms with Gasteiger partial charge < -0.3 is 15.3 Å². The zero-order valence-electron chi connectivity index (χ0n) is 8.19. The van der Waals surface area contributed by atoms with Crippen LogP contribution in [-0.4, -0.2) is 77.7 Å². The second kappa shape index (κ2) is 3.89. The highest BCUT2D eigenvalue weighted by molar-refractivity contribution is 4.46. The van der Waals surface area contributed by atoms with Crippen LogP contribution in [0.4, 0.5) is 0 Å². The lowest BCUT2D eigenvalue weighted by Crippen LogP contribution is -2.66. The first-order valence-corrected chi connectivity index (χ1v) is 4.61. The molecular weight excluding hydrogens is 172 g/mol. The molecule has 1 rings (SSSR count). The summed E-state index contributed by atoms with van der Waals surface area (Å²) in [5.41, 5.74) is 0. The molecule has 1 aliphatic heterocycles. The molecule has 13 heavy (non-hydrogen) atoms. The zero-order valence-corrected chi connectivity index (χ0v) is 8.19. The van der Waals surface area contributed by atoms with Gasteiger partial charge in [0.15, 0.2) is 20.2 Å². The van der Waals surface area contributed by atoms with Crippen molar-refractivity contribution in [2.45, 2.75) is 0 Å². The summed E-state index contributed by atoms with van der Waals surface area (Å²) < 4.78 is 0.980. The van der Waals surface area contributed by atoms with Crippen LogP contribution in [0, 0.1) is 0 Å². The third kappa shape index (κ3) is 2.18. The SMILES string of the molecule is C[N+]1(CO)CC[N+](CO)(CO)CC1. The molecule has 0 aromatic rings. The molecule has 0 spiro atoms. The Hall–Kier alpha value is -0.200. The molecule has 1 aliphatic rings. The van der Waals surface area contributed by atoms with Crippen molar-refractivity contribution in [3.8, 4) is 0 Å². The van der Waals surface area contributed by atoms with E-state index >= 15 is 0 Å². The quantitative estimate of drug-likeness (QED) is 0.458. The maximum atomic E-state index is 9.13. The number of aliphatic hydroxyl groups is 3. The molecule has 0 unspecified atom stereocenters. The van der Waals surface area contributed by atoms with Crippen molar-refractivity contribution in [1.29, 1.82) is 0 Å². The molecule has 1 heterocycles. The molecule has 5 nitrogen and oxygen atoms in total. The smallest absolute Gasteiger partial charge is 0.182 e. The molecule has 0 aromatic heterocycles. The summed E-state index contributed by atoms with van der Waals surface area (Å²) in [6, 6.07) is 0. The maximum absolute atomic E-state index is 9.13. The van der Waals surface area contributed by atoms with Crippen molar-refractivity contribution in [1.82, 2.24) is 0 Å². The van der Waals surface area contributed by atoms with E-state index in [1.807, 2.05) is 7.05 Å². The van der Waals surface area contributed by atoms with Crippen molar-refractivity contribution >= 4 is 0 Å². The van der Waals surface area contributed by atoms with Gasteiger partial charge in [-0.15, -0.1) is 0 Å². The number of likely N-dealkylation sites (N-methyl/N-ethyl adjacent to an activating group) is 1. The predicted molar refractivity (Wildman–Crippen MR) is 47.2 cm³/mol. The molecule has 0 bridgehead atoms. The lowest BCUT2D eigenvalue weighted by Gasteiger charge is -2.44. The Bertz CT molecular complexity index is 161. The van der Waals surface area contributed by atoms with Crippen LogP contribution < -0.4 is 0 Å². The first kappa shape index (κ1) is 10.9. The molecule has 3 N–H and O–H groups in total. The van der Waals surface area contributed by atoms with E-state index in [2.05, 4.69) is 0 Å². The summed E-state index contributed by atoms with van der Waals surface area (Å²) >= 11 is 0. The minimum Gasteiger partial charge on any atom is -0.347 e. The Morgan fingerprint density at radius 2 is 1.31 bits per heavy atom. The Balaban J connectivity index is 2.54. The molecular formula is C8H20N2O3+2. The summed E-state index contributed by atoms with van der Waals surface area (Å²) in [5, 5.41) is 27.4. The summed E-state index contributed by atoms with van der Waals surface area (Å²) in [6.45, 7) is 3.17. The van der Waals surface area contributed by atoms with E-state index in [0.717, 1.165) is 26.2 Å². The van der Waals surface area contributed by atoms with Crippen molar-refractivity contribution in [3.05, 3.63) is 0 Å². The van der Waals surface area contributed by atoms with E-state index in [9.17, 15) is 0 Å². The Morgan fingerprint density at radius 3 is 1.62 bits per heavy atom. The number of hydrogen-bond donors (Lipinski definition) is 3. The molecule has 0 atom stereocenters. The number of quaternary nitrogens is 2. The number of nitrogens with zero attached hydrogens (tertiary/aromatic N) is 2. The van der Waals surface area contributed by atoms with Gasteiger partial charge in [-0.1, -0.05) is 0 Å². The van der Waals surface area contributed by atoms with Crippen LogP contribution in [0.1, 0.15) is 0 Å². The molecule has 0 amide bonds. The number of aliphatic hydroxyl groups excluding tert-OH is 3. The van der Waals surface area contributed by atoms with Gasteiger partial charge in [0, 0.05) is 0 Å². The first-order valence-electron chi connectivity index (χ1n) is 4.61. The second-order valence-electron chi connectivity index (χ2n) is 4.28. The minimum absolute atomic E-state index is 0.0120. The van der Waals surface area contributed by atoms with Crippen LogP contribution in [0.25, 0.3) is 0 Å². The van der Waals surface area contributed by atoms with E-state index < -0.39 is 0 Å². The number of rotatable bonds is 3. The van der Waals surface area contributed by atoms with Gasteiger partial charge in [0.25, 0.3) is 0 Å².